The molecule has 2 aromatic carbocycles. The second-order valence-electron chi connectivity index (χ2n) is 10.5. The first kappa shape index (κ1) is 27.0. The number of hydrogen-bond acceptors (Lipinski definition) is 6. The molecule has 8 nitrogen and oxygen atoms in total. The van der Waals surface area contributed by atoms with Gasteiger partial charge in [0.1, 0.15) is 29.3 Å². The van der Waals surface area contributed by atoms with Gasteiger partial charge in [-0.25, -0.2) is 28.4 Å². The number of ether oxygens (including phenoxy) is 1. The van der Waals surface area contributed by atoms with E-state index in [1.807, 2.05) is 27.0 Å². The van der Waals surface area contributed by atoms with Crippen molar-refractivity contribution in [3.63, 3.8) is 0 Å². The molecular weight excluding hydrogens is 523 g/mol. The number of nitrogens with zero attached hydrogens (tertiary/aromatic N) is 4. The molecule has 1 aliphatic heterocycles. The Morgan fingerprint density at radius 1 is 1.10 bits per heavy atom. The van der Waals surface area contributed by atoms with E-state index >= 15 is 4.39 Å². The number of fused-ring (bicyclic) bond motifs is 1. The van der Waals surface area contributed by atoms with E-state index in [1.165, 1.54) is 0 Å². The maximum absolute atomic E-state index is 15.1. The van der Waals surface area contributed by atoms with Crippen LogP contribution in [0.1, 0.15) is 58.3 Å². The molecule has 0 bridgehead atoms. The monoisotopic (exact) mass is 553 g/mol. The van der Waals surface area contributed by atoms with Gasteiger partial charge in [-0.05, 0) is 44.0 Å². The maximum atomic E-state index is 15.1. The largest absolute Gasteiger partial charge is 0.511 e. The number of quaternary nitrogens is 1. The minimum Gasteiger partial charge on any atom is -0.449 e. The number of carboxylic acid groups (broad SMARTS) is 1. The number of rotatable bonds is 5. The van der Waals surface area contributed by atoms with Crippen LogP contribution in [0, 0.1) is 19.7 Å². The molecule has 204 valence electrons. The Morgan fingerprint density at radius 2 is 1.82 bits per heavy atom. The standard InChI is InChI=1S/C29H30ClFN4O4/c1-17-14-27(33-18(2)32-17)34-12-10-19(11-13-34)35(3,28(36)22-6-4-5-7-24(22)30)26-9-8-21-23(26)15-20(16-25(21)31)39-29(37)38/h4-7,14-16,19,26H,8-13H2,1-3H3/p+1/t26-,35?/m1/s1. The topological polar surface area (TPSA) is 92.6 Å². The molecule has 5 rings (SSSR count). The number of aryl methyl sites for hydroxylation is 2. The fourth-order valence-corrected chi connectivity index (χ4v) is 6.51. The Hall–Kier alpha value is -3.56. The number of aromatic nitrogens is 2. The molecule has 3 aromatic rings. The molecule has 1 unspecified atom stereocenters. The molecule has 10 heteroatoms. The third-order valence-electron chi connectivity index (χ3n) is 8.12. The number of amides is 1. The van der Waals surface area contributed by atoms with Gasteiger partial charge in [0.2, 0.25) is 0 Å². The minimum atomic E-state index is -1.52. The van der Waals surface area contributed by atoms with E-state index in [4.69, 9.17) is 21.4 Å². The lowest BCUT2D eigenvalue weighted by molar-refractivity contribution is -0.887. The third-order valence-corrected chi connectivity index (χ3v) is 8.45. The van der Waals surface area contributed by atoms with E-state index < -0.39 is 18.0 Å². The van der Waals surface area contributed by atoms with E-state index in [0.29, 0.717) is 66.3 Å². The van der Waals surface area contributed by atoms with Crippen LogP contribution in [0.2, 0.25) is 5.02 Å². The highest BCUT2D eigenvalue weighted by Crippen LogP contribution is 2.46. The van der Waals surface area contributed by atoms with Crippen molar-refractivity contribution in [1.29, 1.82) is 0 Å². The second-order valence-corrected chi connectivity index (χ2v) is 10.9. The average molecular weight is 554 g/mol. The zero-order chi connectivity index (χ0) is 27.9. The van der Waals surface area contributed by atoms with Crippen molar-refractivity contribution < 1.29 is 28.3 Å². The van der Waals surface area contributed by atoms with Crippen LogP contribution in [0.25, 0.3) is 0 Å². The van der Waals surface area contributed by atoms with Gasteiger partial charge in [-0.3, -0.25) is 0 Å². The Balaban J connectivity index is 1.53. The number of anilines is 1. The van der Waals surface area contributed by atoms with E-state index in [0.717, 1.165) is 17.6 Å². The number of piperidine rings is 1. The van der Waals surface area contributed by atoms with E-state index in [1.54, 1.807) is 30.3 Å². The average Bonchev–Trinajstić information content (AvgIpc) is 3.32. The van der Waals surface area contributed by atoms with Crippen LogP contribution in [0.5, 0.6) is 5.75 Å². The highest BCUT2D eigenvalue weighted by atomic mass is 35.5. The Kier molecular flexibility index (Phi) is 7.31. The minimum absolute atomic E-state index is 0.00235. The smallest absolute Gasteiger partial charge is 0.449 e. The van der Waals surface area contributed by atoms with Gasteiger partial charge in [0, 0.05) is 55.7 Å². The van der Waals surface area contributed by atoms with E-state index in [2.05, 4.69) is 14.9 Å². The number of benzene rings is 2. The second kappa shape index (κ2) is 10.5. The Labute approximate surface area is 231 Å². The quantitative estimate of drug-likeness (QED) is 0.239. The summed E-state index contributed by atoms with van der Waals surface area (Å²) in [6.45, 7) is 5.21. The van der Waals surface area contributed by atoms with Crippen molar-refractivity contribution in [2.45, 2.75) is 51.6 Å². The predicted octanol–water partition coefficient (Wildman–Crippen LogP) is 5.89. The Bertz CT molecular complexity index is 1420. The van der Waals surface area contributed by atoms with Crippen molar-refractivity contribution in [2.75, 3.05) is 25.0 Å². The highest BCUT2D eigenvalue weighted by molar-refractivity contribution is 6.33. The normalized spacial score (nSPS) is 18.9. The fraction of sp³-hybridized carbons (Fsp3) is 0.379. The molecule has 2 heterocycles. The number of carbonyl (C=O) groups is 2. The molecule has 1 N–H and O–H groups in total. The summed E-state index contributed by atoms with van der Waals surface area (Å²) in [6, 6.07) is 11.1. The van der Waals surface area contributed by atoms with Crippen LogP contribution in [0.3, 0.4) is 0 Å². The molecule has 1 aliphatic carbocycles. The van der Waals surface area contributed by atoms with Gasteiger partial charge < -0.3 is 14.7 Å². The molecule has 0 saturated carbocycles. The van der Waals surface area contributed by atoms with Crippen LogP contribution >= 0.6 is 11.6 Å². The molecule has 2 atom stereocenters. The molecular formula is C29H31ClFN4O4+. The molecule has 0 radical (unpaired) electrons. The first-order chi connectivity index (χ1) is 18.6. The third kappa shape index (κ3) is 5.08. The SMILES string of the molecule is Cc1cc(N2CCC([N+](C)(C(=O)c3ccccc3Cl)[C@@H]3CCc4c(F)cc(OC(=O)O)cc43)CC2)nc(C)n1. The summed E-state index contributed by atoms with van der Waals surface area (Å²) in [5.74, 6) is 0.828. The predicted molar refractivity (Wildman–Crippen MR) is 145 cm³/mol. The van der Waals surface area contributed by atoms with Crippen molar-refractivity contribution in [3.8, 4) is 5.75 Å². The van der Waals surface area contributed by atoms with E-state index in [-0.39, 0.29) is 22.2 Å². The molecule has 2 aliphatic rings. The number of hydrogen-bond donors (Lipinski definition) is 1. The van der Waals surface area contributed by atoms with E-state index in [9.17, 15) is 9.59 Å². The van der Waals surface area contributed by atoms with Crippen molar-refractivity contribution in [3.05, 3.63) is 81.5 Å². The summed E-state index contributed by atoms with van der Waals surface area (Å²) >= 11 is 6.51. The first-order valence-corrected chi connectivity index (χ1v) is 13.4. The summed E-state index contributed by atoms with van der Waals surface area (Å²) in [5, 5.41) is 9.49. The van der Waals surface area contributed by atoms with Gasteiger partial charge in [-0.1, -0.05) is 23.7 Å². The van der Waals surface area contributed by atoms with Crippen molar-refractivity contribution >= 4 is 29.5 Å². The summed E-state index contributed by atoms with van der Waals surface area (Å²) in [6.07, 6.45) is 0.875. The molecule has 1 saturated heterocycles. The van der Waals surface area contributed by atoms with Gasteiger partial charge in [0.15, 0.2) is 0 Å². The molecule has 1 amide bonds. The summed E-state index contributed by atoms with van der Waals surface area (Å²) < 4.78 is 19.9. The molecule has 0 spiro atoms. The zero-order valence-electron chi connectivity index (χ0n) is 22.2. The lowest BCUT2D eigenvalue weighted by Crippen LogP contribution is -2.60. The van der Waals surface area contributed by atoms with Crippen molar-refractivity contribution in [1.82, 2.24) is 9.97 Å². The van der Waals surface area contributed by atoms with Crippen LogP contribution in [-0.4, -0.2) is 57.8 Å². The summed E-state index contributed by atoms with van der Waals surface area (Å²) in [7, 11) is 1.91. The Morgan fingerprint density at radius 3 is 2.49 bits per heavy atom. The van der Waals surface area contributed by atoms with Crippen LogP contribution < -0.4 is 9.64 Å². The zero-order valence-corrected chi connectivity index (χ0v) is 22.9. The molecule has 39 heavy (non-hydrogen) atoms. The van der Waals surface area contributed by atoms with Crippen LogP contribution in [0.15, 0.2) is 42.5 Å². The van der Waals surface area contributed by atoms with Crippen LogP contribution in [-0.2, 0) is 6.42 Å². The van der Waals surface area contributed by atoms with Crippen LogP contribution in [0.4, 0.5) is 15.0 Å². The van der Waals surface area contributed by atoms with Crippen molar-refractivity contribution in [2.24, 2.45) is 0 Å². The van der Waals surface area contributed by atoms with Gasteiger partial charge in [-0.15, -0.1) is 0 Å². The maximum Gasteiger partial charge on any atom is 0.511 e. The number of halogens is 2. The van der Waals surface area contributed by atoms with Gasteiger partial charge >= 0.3 is 12.1 Å². The molecule has 1 aromatic heterocycles. The van der Waals surface area contributed by atoms with Gasteiger partial charge in [0.25, 0.3) is 0 Å². The first-order valence-electron chi connectivity index (χ1n) is 13.0. The highest BCUT2D eigenvalue weighted by Gasteiger charge is 2.51. The molecule has 1 fully saturated rings. The lowest BCUT2D eigenvalue weighted by atomic mass is 9.93. The van der Waals surface area contributed by atoms with Gasteiger partial charge in [-0.2, -0.15) is 0 Å². The lowest BCUT2D eigenvalue weighted by Gasteiger charge is -2.47. The number of carbonyl (C=O) groups excluding carboxylic acids is 1. The van der Waals surface area contributed by atoms with Gasteiger partial charge in [0.05, 0.1) is 23.7 Å². The summed E-state index contributed by atoms with van der Waals surface area (Å²) in [4.78, 5) is 36.8. The fourth-order valence-electron chi connectivity index (χ4n) is 6.29. The summed E-state index contributed by atoms with van der Waals surface area (Å²) in [5.41, 5.74) is 2.42.